The van der Waals surface area contributed by atoms with E-state index in [-0.39, 0.29) is 6.04 Å². The fraction of sp³-hybridized carbons (Fsp3) is 0.650. The van der Waals surface area contributed by atoms with Gasteiger partial charge in [0, 0.05) is 55.8 Å². The van der Waals surface area contributed by atoms with Crippen molar-refractivity contribution in [2.45, 2.75) is 31.8 Å². The molecule has 2 aliphatic heterocycles. The zero-order valence-corrected chi connectivity index (χ0v) is 17.1. The highest BCUT2D eigenvalue weighted by Crippen LogP contribution is 2.40. The third kappa shape index (κ3) is 3.26. The van der Waals surface area contributed by atoms with Gasteiger partial charge in [0.05, 0.1) is 6.04 Å². The van der Waals surface area contributed by atoms with Crippen molar-refractivity contribution in [3.8, 4) is 0 Å². The van der Waals surface area contributed by atoms with Crippen LogP contribution in [0.1, 0.15) is 19.8 Å². The Morgan fingerprint density at radius 1 is 1.29 bits per heavy atom. The number of aromatic nitrogens is 3. The van der Waals surface area contributed by atoms with Gasteiger partial charge in [-0.2, -0.15) is 16.9 Å². The van der Waals surface area contributed by atoms with Gasteiger partial charge >= 0.3 is 0 Å². The molecule has 0 bridgehead atoms. The Balaban J connectivity index is 1.25. The van der Waals surface area contributed by atoms with Crippen LogP contribution in [-0.2, 0) is 4.79 Å². The average molecular weight is 401 g/mol. The van der Waals surface area contributed by atoms with Crippen molar-refractivity contribution < 1.29 is 4.79 Å². The number of rotatable bonds is 4. The molecular weight excluding hydrogens is 372 g/mol. The molecule has 1 amide bonds. The molecule has 3 aliphatic rings. The van der Waals surface area contributed by atoms with Crippen molar-refractivity contribution in [3.05, 3.63) is 24.7 Å². The number of carbonyl (C=O) groups excluding carboxylic acids is 1. The summed E-state index contributed by atoms with van der Waals surface area (Å²) in [6.45, 7) is 5.94. The number of likely N-dealkylation sites (tertiary alicyclic amines) is 1. The first-order chi connectivity index (χ1) is 13.7. The molecule has 4 atom stereocenters. The molecule has 2 aromatic rings. The monoisotopic (exact) mass is 400 g/mol. The lowest BCUT2D eigenvalue weighted by atomic mass is 9.98. The van der Waals surface area contributed by atoms with Crippen molar-refractivity contribution in [2.75, 3.05) is 43.0 Å². The highest BCUT2D eigenvalue weighted by molar-refractivity contribution is 7.99. The molecule has 4 heterocycles. The molecule has 0 radical (unpaired) electrons. The zero-order valence-electron chi connectivity index (χ0n) is 16.3. The van der Waals surface area contributed by atoms with E-state index in [1.54, 1.807) is 6.33 Å². The first-order valence-electron chi connectivity index (χ1n) is 10.4. The summed E-state index contributed by atoms with van der Waals surface area (Å²) in [6, 6.07) is 4.41. The number of thioether (sulfide) groups is 1. The molecule has 0 spiro atoms. The Morgan fingerprint density at radius 2 is 2.14 bits per heavy atom. The fourth-order valence-corrected chi connectivity index (χ4v) is 6.09. The summed E-state index contributed by atoms with van der Waals surface area (Å²) in [7, 11) is 0. The van der Waals surface area contributed by atoms with Crippen molar-refractivity contribution in [2.24, 2.45) is 11.8 Å². The standard InChI is InChI=1S/C20H28N6OS/c1-14(24-7-9-28-10-8-24)20(27)25-11-15-4-5-17(16(15)12-25)23-19-18-3-2-6-26(18)22-13-21-19/h2-3,6,13-17H,4-5,7-12H2,1H3,(H,21,22,23). The van der Waals surface area contributed by atoms with Gasteiger partial charge in [0.2, 0.25) is 5.91 Å². The van der Waals surface area contributed by atoms with Crippen LogP contribution in [0.5, 0.6) is 0 Å². The number of fused-ring (bicyclic) bond motifs is 2. The van der Waals surface area contributed by atoms with Crippen LogP contribution in [0.4, 0.5) is 5.82 Å². The van der Waals surface area contributed by atoms with E-state index in [4.69, 9.17) is 0 Å². The summed E-state index contributed by atoms with van der Waals surface area (Å²) in [5, 5.41) is 7.92. The van der Waals surface area contributed by atoms with Gasteiger partial charge in [-0.25, -0.2) is 9.50 Å². The predicted molar refractivity (Wildman–Crippen MR) is 112 cm³/mol. The van der Waals surface area contributed by atoms with E-state index in [2.05, 4.69) is 32.1 Å². The van der Waals surface area contributed by atoms with Crippen LogP contribution in [-0.4, -0.2) is 80.1 Å². The van der Waals surface area contributed by atoms with Gasteiger partial charge in [-0.1, -0.05) is 0 Å². The van der Waals surface area contributed by atoms with Crippen LogP contribution < -0.4 is 5.32 Å². The van der Waals surface area contributed by atoms with E-state index in [0.717, 1.165) is 55.4 Å². The molecule has 0 aromatic carbocycles. The van der Waals surface area contributed by atoms with Gasteiger partial charge in [0.25, 0.3) is 0 Å². The lowest BCUT2D eigenvalue weighted by Crippen LogP contribution is -2.49. The molecule has 2 aromatic heterocycles. The average Bonchev–Trinajstić information content (AvgIpc) is 3.44. The van der Waals surface area contributed by atoms with E-state index in [1.807, 2.05) is 34.6 Å². The summed E-state index contributed by atoms with van der Waals surface area (Å²) in [5.41, 5.74) is 1.01. The number of amides is 1. The number of carbonyl (C=O) groups is 1. The maximum atomic E-state index is 13.1. The molecule has 28 heavy (non-hydrogen) atoms. The Kier molecular flexibility index (Phi) is 4.92. The Hall–Kier alpha value is -1.80. The van der Waals surface area contributed by atoms with Crippen molar-refractivity contribution in [3.63, 3.8) is 0 Å². The molecule has 7 nitrogen and oxygen atoms in total. The van der Waals surface area contributed by atoms with E-state index in [9.17, 15) is 4.79 Å². The number of nitrogens with zero attached hydrogens (tertiary/aromatic N) is 5. The zero-order chi connectivity index (χ0) is 19.1. The van der Waals surface area contributed by atoms with Crippen LogP contribution in [0.2, 0.25) is 0 Å². The highest BCUT2D eigenvalue weighted by atomic mass is 32.2. The molecular formula is C20H28N6OS. The topological polar surface area (TPSA) is 65.8 Å². The van der Waals surface area contributed by atoms with Crippen molar-refractivity contribution >= 4 is 29.0 Å². The number of hydrogen-bond acceptors (Lipinski definition) is 6. The second-order valence-corrected chi connectivity index (χ2v) is 9.49. The minimum absolute atomic E-state index is 0.00773. The molecule has 3 fully saturated rings. The Labute approximate surface area is 169 Å². The highest BCUT2D eigenvalue weighted by Gasteiger charge is 2.45. The SMILES string of the molecule is CC(C(=O)N1CC2CCC(Nc3ncnn4cccc34)C2C1)N1CCSCC1. The maximum Gasteiger partial charge on any atom is 0.239 e. The molecule has 150 valence electrons. The molecule has 5 rings (SSSR count). The molecule has 1 aliphatic carbocycles. The van der Waals surface area contributed by atoms with Crippen LogP contribution in [0.25, 0.3) is 5.52 Å². The van der Waals surface area contributed by atoms with Gasteiger partial charge in [-0.05, 0) is 37.8 Å². The molecule has 8 heteroatoms. The Morgan fingerprint density at radius 3 is 3.00 bits per heavy atom. The number of nitrogens with one attached hydrogen (secondary N) is 1. The van der Waals surface area contributed by atoms with E-state index in [1.165, 1.54) is 6.42 Å². The van der Waals surface area contributed by atoms with E-state index in [0.29, 0.717) is 23.8 Å². The van der Waals surface area contributed by atoms with Gasteiger partial charge in [-0.3, -0.25) is 9.69 Å². The Bertz CT molecular complexity index is 850. The van der Waals surface area contributed by atoms with Gasteiger partial charge in [0.15, 0.2) is 5.82 Å². The quantitative estimate of drug-likeness (QED) is 0.845. The first-order valence-corrected chi connectivity index (χ1v) is 11.5. The van der Waals surface area contributed by atoms with Gasteiger partial charge in [-0.15, -0.1) is 0 Å². The summed E-state index contributed by atoms with van der Waals surface area (Å²) >= 11 is 1.99. The molecule has 1 N–H and O–H groups in total. The summed E-state index contributed by atoms with van der Waals surface area (Å²) in [6.07, 6.45) is 5.87. The lowest BCUT2D eigenvalue weighted by molar-refractivity contribution is -0.135. The van der Waals surface area contributed by atoms with Crippen LogP contribution in [0, 0.1) is 11.8 Å². The van der Waals surface area contributed by atoms with Gasteiger partial charge in [0.1, 0.15) is 11.8 Å². The smallest absolute Gasteiger partial charge is 0.239 e. The third-order valence-electron chi connectivity index (χ3n) is 6.78. The predicted octanol–water partition coefficient (Wildman–Crippen LogP) is 1.82. The number of anilines is 1. The van der Waals surface area contributed by atoms with Crippen LogP contribution in [0.3, 0.4) is 0 Å². The lowest BCUT2D eigenvalue weighted by Gasteiger charge is -2.33. The molecule has 2 saturated heterocycles. The van der Waals surface area contributed by atoms with E-state index < -0.39 is 0 Å². The molecule has 4 unspecified atom stereocenters. The fourth-order valence-electron chi connectivity index (χ4n) is 5.16. The largest absolute Gasteiger partial charge is 0.365 e. The number of hydrogen-bond donors (Lipinski definition) is 1. The molecule has 1 saturated carbocycles. The third-order valence-corrected chi connectivity index (χ3v) is 7.72. The maximum absolute atomic E-state index is 13.1. The summed E-state index contributed by atoms with van der Waals surface area (Å²) in [5.74, 6) is 4.61. The van der Waals surface area contributed by atoms with E-state index >= 15 is 0 Å². The normalized spacial score (nSPS) is 29.2. The van der Waals surface area contributed by atoms with Gasteiger partial charge < -0.3 is 10.2 Å². The minimum Gasteiger partial charge on any atom is -0.365 e. The van der Waals surface area contributed by atoms with Crippen molar-refractivity contribution in [1.82, 2.24) is 24.4 Å². The second kappa shape index (κ2) is 7.55. The minimum atomic E-state index is 0.00773. The first kappa shape index (κ1) is 18.2. The van der Waals surface area contributed by atoms with Crippen LogP contribution >= 0.6 is 11.8 Å². The van der Waals surface area contributed by atoms with Crippen molar-refractivity contribution in [1.29, 1.82) is 0 Å². The second-order valence-electron chi connectivity index (χ2n) is 8.27. The van der Waals surface area contributed by atoms with Crippen LogP contribution in [0.15, 0.2) is 24.7 Å². The summed E-state index contributed by atoms with van der Waals surface area (Å²) < 4.78 is 1.85. The summed E-state index contributed by atoms with van der Waals surface area (Å²) in [4.78, 5) is 22.1.